The van der Waals surface area contributed by atoms with Crippen molar-refractivity contribution in [2.24, 2.45) is 0 Å². The van der Waals surface area contributed by atoms with Crippen molar-refractivity contribution in [2.45, 2.75) is 44.1 Å². The van der Waals surface area contributed by atoms with Crippen molar-refractivity contribution in [1.82, 2.24) is 10.2 Å². The Morgan fingerprint density at radius 1 is 1.22 bits per heavy atom. The fraction of sp³-hybridized carbons (Fsp3) is 0.588. The van der Waals surface area contributed by atoms with Crippen molar-refractivity contribution in [3.8, 4) is 0 Å². The largest absolute Gasteiger partial charge is 0.389 e. The summed E-state index contributed by atoms with van der Waals surface area (Å²) >= 11 is 0. The topological polar surface area (TPSA) is 72.8 Å². The van der Waals surface area contributed by atoms with Gasteiger partial charge in [-0.25, -0.2) is 4.39 Å². The zero-order valence-electron chi connectivity index (χ0n) is 13.4. The summed E-state index contributed by atoms with van der Waals surface area (Å²) in [6, 6.07) is 8.41. The lowest BCUT2D eigenvalue weighted by molar-refractivity contribution is -0.122. The molecule has 0 spiro atoms. The molecular formula is C17H25FN2O3. The molecule has 1 amide bonds. The smallest absolute Gasteiger partial charge is 0.221 e. The maximum Gasteiger partial charge on any atom is 0.221 e. The first-order valence-electron chi connectivity index (χ1n) is 8.07. The SMILES string of the molecule is CCNC(=O)C[C@@H]1[C@@H](O)[C@H](O)[C@@H](CF)N1CCc1ccccc1. The second-order valence-electron chi connectivity index (χ2n) is 5.90. The highest BCUT2D eigenvalue weighted by molar-refractivity contribution is 5.76. The van der Waals surface area contributed by atoms with Gasteiger partial charge in [-0.15, -0.1) is 0 Å². The van der Waals surface area contributed by atoms with E-state index in [-0.39, 0.29) is 12.3 Å². The van der Waals surface area contributed by atoms with Crippen LogP contribution in [0.25, 0.3) is 0 Å². The number of aliphatic hydroxyl groups excluding tert-OH is 2. The summed E-state index contributed by atoms with van der Waals surface area (Å²) in [4.78, 5) is 13.6. The number of rotatable bonds is 7. The summed E-state index contributed by atoms with van der Waals surface area (Å²) in [6.07, 6.45) is -1.57. The van der Waals surface area contributed by atoms with Crippen LogP contribution >= 0.6 is 0 Å². The minimum Gasteiger partial charge on any atom is -0.389 e. The Hall–Kier alpha value is -1.50. The van der Waals surface area contributed by atoms with Crippen LogP contribution in [0.3, 0.4) is 0 Å². The van der Waals surface area contributed by atoms with Crippen LogP contribution in [0.4, 0.5) is 4.39 Å². The van der Waals surface area contributed by atoms with Crippen LogP contribution in [0, 0.1) is 0 Å². The van der Waals surface area contributed by atoms with Gasteiger partial charge in [-0.3, -0.25) is 9.69 Å². The molecule has 1 fully saturated rings. The van der Waals surface area contributed by atoms with Gasteiger partial charge in [-0.05, 0) is 18.9 Å². The fourth-order valence-electron chi connectivity index (χ4n) is 3.21. The molecule has 4 atom stereocenters. The van der Waals surface area contributed by atoms with Crippen LogP contribution in [-0.2, 0) is 11.2 Å². The summed E-state index contributed by atoms with van der Waals surface area (Å²) in [5, 5.41) is 23.0. The highest BCUT2D eigenvalue weighted by Gasteiger charge is 2.47. The Bertz CT molecular complexity index is 500. The quantitative estimate of drug-likeness (QED) is 0.683. The van der Waals surface area contributed by atoms with Crippen LogP contribution in [0.15, 0.2) is 30.3 Å². The van der Waals surface area contributed by atoms with Gasteiger partial charge in [0, 0.05) is 25.6 Å². The minimum absolute atomic E-state index is 0.0529. The second-order valence-corrected chi connectivity index (χ2v) is 5.90. The lowest BCUT2D eigenvalue weighted by Gasteiger charge is -2.29. The molecule has 1 heterocycles. The predicted octanol–water partition coefficient (Wildman–Crippen LogP) is 0.499. The number of hydrogen-bond acceptors (Lipinski definition) is 4. The number of amides is 1. The zero-order valence-corrected chi connectivity index (χ0v) is 13.4. The molecule has 23 heavy (non-hydrogen) atoms. The van der Waals surface area contributed by atoms with Crippen LogP contribution in [-0.4, -0.2) is 65.1 Å². The van der Waals surface area contributed by atoms with Crippen LogP contribution in [0.2, 0.25) is 0 Å². The standard InChI is InChI=1S/C17H25FN2O3/c1-2-19-15(21)10-13-16(22)17(23)14(11-18)20(13)9-8-12-6-4-3-5-7-12/h3-7,13-14,16-17,22-23H,2,8-11H2,1H3,(H,19,21)/t13-,14-,16-,17-/m1/s1. The van der Waals surface area contributed by atoms with Crippen molar-refractivity contribution in [3.05, 3.63) is 35.9 Å². The van der Waals surface area contributed by atoms with Gasteiger partial charge in [0.2, 0.25) is 5.91 Å². The van der Waals surface area contributed by atoms with Crippen molar-refractivity contribution in [1.29, 1.82) is 0 Å². The van der Waals surface area contributed by atoms with Crippen LogP contribution in [0.1, 0.15) is 18.9 Å². The highest BCUT2D eigenvalue weighted by Crippen LogP contribution is 2.28. The monoisotopic (exact) mass is 324 g/mol. The third-order valence-electron chi connectivity index (χ3n) is 4.42. The summed E-state index contributed by atoms with van der Waals surface area (Å²) in [5.74, 6) is -0.201. The van der Waals surface area contributed by atoms with E-state index in [4.69, 9.17) is 0 Å². The number of carbonyl (C=O) groups is 1. The average molecular weight is 324 g/mol. The molecule has 0 unspecified atom stereocenters. The van der Waals surface area contributed by atoms with Gasteiger partial charge in [0.25, 0.3) is 0 Å². The zero-order chi connectivity index (χ0) is 16.8. The van der Waals surface area contributed by atoms with E-state index in [1.54, 1.807) is 4.90 Å². The maximum atomic E-state index is 13.3. The molecule has 1 aliphatic rings. The molecule has 1 aromatic carbocycles. The van der Waals surface area contributed by atoms with E-state index in [0.29, 0.717) is 19.5 Å². The number of likely N-dealkylation sites (tertiary alicyclic amines) is 1. The summed E-state index contributed by atoms with van der Waals surface area (Å²) in [7, 11) is 0. The van der Waals surface area contributed by atoms with E-state index < -0.39 is 31.0 Å². The third kappa shape index (κ3) is 4.28. The van der Waals surface area contributed by atoms with E-state index in [1.807, 2.05) is 37.3 Å². The molecule has 1 aliphatic heterocycles. The number of nitrogens with one attached hydrogen (secondary N) is 1. The van der Waals surface area contributed by atoms with Gasteiger partial charge in [0.05, 0.1) is 18.2 Å². The fourth-order valence-corrected chi connectivity index (χ4v) is 3.21. The van der Waals surface area contributed by atoms with Crippen molar-refractivity contribution in [2.75, 3.05) is 19.8 Å². The molecule has 1 aromatic rings. The number of carbonyl (C=O) groups excluding carboxylic acids is 1. The normalized spacial score (nSPS) is 28.0. The number of alkyl halides is 1. The van der Waals surface area contributed by atoms with Crippen LogP contribution in [0.5, 0.6) is 0 Å². The maximum absolute atomic E-state index is 13.3. The summed E-state index contributed by atoms with van der Waals surface area (Å²) in [5.41, 5.74) is 1.10. The number of nitrogens with zero attached hydrogens (tertiary/aromatic N) is 1. The first-order chi connectivity index (χ1) is 11.1. The summed E-state index contributed by atoms with van der Waals surface area (Å²) < 4.78 is 13.3. The van der Waals surface area contributed by atoms with Crippen LogP contribution < -0.4 is 5.32 Å². The lowest BCUT2D eigenvalue weighted by atomic mass is 10.1. The number of benzene rings is 1. The van der Waals surface area contributed by atoms with E-state index in [0.717, 1.165) is 5.56 Å². The Morgan fingerprint density at radius 2 is 1.87 bits per heavy atom. The first kappa shape index (κ1) is 17.8. The molecule has 6 heteroatoms. The van der Waals surface area contributed by atoms with Gasteiger partial charge in [0.15, 0.2) is 0 Å². The number of aliphatic hydroxyl groups is 2. The van der Waals surface area contributed by atoms with Gasteiger partial charge >= 0.3 is 0 Å². The van der Waals surface area contributed by atoms with E-state index in [2.05, 4.69) is 5.32 Å². The Balaban J connectivity index is 2.07. The molecule has 3 N–H and O–H groups in total. The number of halogens is 1. The molecule has 0 aromatic heterocycles. The Kier molecular flexibility index (Phi) is 6.50. The molecule has 0 saturated carbocycles. The minimum atomic E-state index is -1.17. The van der Waals surface area contributed by atoms with Gasteiger partial charge in [-0.1, -0.05) is 30.3 Å². The molecular weight excluding hydrogens is 299 g/mol. The van der Waals surface area contributed by atoms with Gasteiger partial charge in [-0.2, -0.15) is 0 Å². The number of hydrogen-bond donors (Lipinski definition) is 3. The lowest BCUT2D eigenvalue weighted by Crippen LogP contribution is -2.44. The molecule has 0 radical (unpaired) electrons. The molecule has 0 aliphatic carbocycles. The first-order valence-corrected chi connectivity index (χ1v) is 8.07. The van der Waals surface area contributed by atoms with Crippen molar-refractivity contribution in [3.63, 3.8) is 0 Å². The molecule has 5 nitrogen and oxygen atoms in total. The second kappa shape index (κ2) is 8.38. The third-order valence-corrected chi connectivity index (χ3v) is 4.42. The predicted molar refractivity (Wildman–Crippen MR) is 85.7 cm³/mol. The molecule has 0 bridgehead atoms. The van der Waals surface area contributed by atoms with E-state index in [1.165, 1.54) is 0 Å². The Labute approximate surface area is 136 Å². The molecule has 128 valence electrons. The highest BCUT2D eigenvalue weighted by atomic mass is 19.1. The van der Waals surface area contributed by atoms with E-state index >= 15 is 0 Å². The van der Waals surface area contributed by atoms with E-state index in [9.17, 15) is 19.4 Å². The van der Waals surface area contributed by atoms with Crippen molar-refractivity contribution < 1.29 is 19.4 Å². The summed E-state index contributed by atoms with van der Waals surface area (Å²) in [6.45, 7) is 2.05. The van der Waals surface area contributed by atoms with Gasteiger partial charge in [0.1, 0.15) is 6.67 Å². The molecule has 1 saturated heterocycles. The average Bonchev–Trinajstić information content (AvgIpc) is 2.78. The van der Waals surface area contributed by atoms with Gasteiger partial charge < -0.3 is 15.5 Å². The van der Waals surface area contributed by atoms with Crippen molar-refractivity contribution >= 4 is 5.91 Å². The molecule has 2 rings (SSSR count). The Morgan fingerprint density at radius 3 is 2.48 bits per heavy atom.